The normalized spacial score (nSPS) is 28.8. The fraction of sp³-hybridized carbons (Fsp3) is 0.400. The third kappa shape index (κ3) is 2.41. The maximum Gasteiger partial charge on any atom is 0.287 e. The lowest BCUT2D eigenvalue weighted by Gasteiger charge is -2.57. The fourth-order valence-corrected chi connectivity index (χ4v) is 8.47. The van der Waals surface area contributed by atoms with Gasteiger partial charge in [0.15, 0.2) is 11.2 Å². The zero-order chi connectivity index (χ0) is 21.9. The van der Waals surface area contributed by atoms with E-state index in [1.54, 1.807) is 0 Å². The maximum atomic E-state index is 6.74. The average molecular weight is 434 g/mol. The van der Waals surface area contributed by atoms with Gasteiger partial charge in [0.1, 0.15) is 16.9 Å². The van der Waals surface area contributed by atoms with Crippen molar-refractivity contribution in [2.24, 2.45) is 24.8 Å². The van der Waals surface area contributed by atoms with Gasteiger partial charge in [-0.2, -0.15) is 0 Å². The smallest absolute Gasteiger partial charge is 0.287 e. The quantitative estimate of drug-likeness (QED) is 0.273. The largest absolute Gasteiger partial charge is 0.456 e. The molecule has 0 spiro atoms. The number of hydrogen-bond acceptors (Lipinski definition) is 2. The third-order valence-corrected chi connectivity index (χ3v) is 9.42. The molecule has 4 saturated carbocycles. The number of nitrogens with zero attached hydrogens (tertiary/aromatic N) is 2. The van der Waals surface area contributed by atoms with Gasteiger partial charge in [-0.15, -0.1) is 0 Å². The Hall–Kier alpha value is -2.94. The molecule has 4 aromatic rings. The number of hydrogen-bond donors (Lipinski definition) is 0. The predicted molar refractivity (Wildman–Crippen MR) is 131 cm³/mol. The Morgan fingerprint density at radius 1 is 0.939 bits per heavy atom. The number of ether oxygens (including phenoxy) is 1. The van der Waals surface area contributed by atoms with E-state index in [0.29, 0.717) is 5.41 Å². The van der Waals surface area contributed by atoms with Crippen LogP contribution >= 0.6 is 0 Å². The van der Waals surface area contributed by atoms with Crippen molar-refractivity contribution in [2.75, 3.05) is 0 Å². The molecular formula is C30H29N2O+. The van der Waals surface area contributed by atoms with Crippen LogP contribution in [-0.2, 0) is 12.5 Å². The van der Waals surface area contributed by atoms with Crippen LogP contribution in [-0.4, -0.2) is 4.98 Å². The van der Waals surface area contributed by atoms with Gasteiger partial charge in [0.2, 0.25) is 0 Å². The molecule has 0 unspecified atom stereocenters. The van der Waals surface area contributed by atoms with Crippen LogP contribution in [0.4, 0.5) is 0 Å². The van der Waals surface area contributed by atoms with Gasteiger partial charge in [0.25, 0.3) is 6.33 Å². The van der Waals surface area contributed by atoms with Gasteiger partial charge in [-0.25, -0.2) is 4.57 Å². The van der Waals surface area contributed by atoms with Crippen LogP contribution in [0, 0.1) is 24.7 Å². The molecule has 9 rings (SSSR count). The molecule has 0 radical (unpaired) electrons. The van der Waals surface area contributed by atoms with Crippen molar-refractivity contribution in [3.05, 3.63) is 59.9 Å². The minimum absolute atomic E-state index is 0.336. The van der Waals surface area contributed by atoms with E-state index in [2.05, 4.69) is 61.0 Å². The Kier molecular flexibility index (Phi) is 3.44. The van der Waals surface area contributed by atoms with Gasteiger partial charge in [-0.1, -0.05) is 24.3 Å². The molecule has 3 nitrogen and oxygen atoms in total. The van der Waals surface area contributed by atoms with E-state index in [-0.39, 0.29) is 0 Å². The van der Waals surface area contributed by atoms with E-state index in [4.69, 9.17) is 9.72 Å². The van der Waals surface area contributed by atoms with Gasteiger partial charge in [0.05, 0.1) is 12.6 Å². The number of fused-ring (bicyclic) bond motifs is 3. The Balaban J connectivity index is 1.39. The first-order chi connectivity index (χ1) is 16.1. The van der Waals surface area contributed by atoms with Crippen molar-refractivity contribution in [2.45, 2.75) is 50.9 Å². The van der Waals surface area contributed by atoms with E-state index >= 15 is 0 Å². The molecule has 3 heteroatoms. The van der Waals surface area contributed by atoms with Gasteiger partial charge in [-0.3, -0.25) is 0 Å². The Bertz CT molecular complexity index is 1470. The van der Waals surface area contributed by atoms with Gasteiger partial charge >= 0.3 is 0 Å². The van der Waals surface area contributed by atoms with Crippen LogP contribution in [0.5, 0.6) is 11.5 Å². The minimum Gasteiger partial charge on any atom is -0.456 e. The van der Waals surface area contributed by atoms with Crippen molar-refractivity contribution in [3.8, 4) is 22.8 Å². The number of aromatic nitrogens is 2. The first-order valence-electron chi connectivity index (χ1n) is 12.6. The number of rotatable bonds is 1. The van der Waals surface area contributed by atoms with Crippen molar-refractivity contribution in [1.82, 2.24) is 4.98 Å². The number of aryl methyl sites for hydroxylation is 2. The van der Waals surface area contributed by atoms with E-state index in [1.807, 2.05) is 6.33 Å². The van der Waals surface area contributed by atoms with Gasteiger partial charge < -0.3 is 4.74 Å². The SMILES string of the molecule is Cc1c2c(cc3ccccc13)Oc1cc(C34CC5CC(CC(C5)C3)C4)cc3nc[n+](C)c-2c13. The molecule has 3 aromatic carbocycles. The predicted octanol–water partition coefficient (Wildman–Crippen LogP) is 6.76. The number of benzene rings is 3. The van der Waals surface area contributed by atoms with Crippen molar-refractivity contribution in [3.63, 3.8) is 0 Å². The highest BCUT2D eigenvalue weighted by Crippen LogP contribution is 2.61. The molecule has 0 saturated heterocycles. The molecule has 1 aromatic heterocycles. The maximum absolute atomic E-state index is 6.74. The lowest BCUT2D eigenvalue weighted by molar-refractivity contribution is -0.662. The van der Waals surface area contributed by atoms with Crippen LogP contribution in [0.3, 0.4) is 0 Å². The van der Waals surface area contributed by atoms with Crippen LogP contribution < -0.4 is 9.30 Å². The molecule has 0 amide bonds. The summed E-state index contributed by atoms with van der Waals surface area (Å²) in [6, 6.07) is 15.7. The van der Waals surface area contributed by atoms with Crippen LogP contribution in [0.25, 0.3) is 32.9 Å². The molecular weight excluding hydrogens is 404 g/mol. The molecule has 1 aliphatic heterocycles. The van der Waals surface area contributed by atoms with Crippen molar-refractivity contribution >= 4 is 21.7 Å². The molecule has 164 valence electrons. The monoisotopic (exact) mass is 433 g/mol. The molecule has 33 heavy (non-hydrogen) atoms. The second kappa shape index (κ2) is 6.14. The first-order valence-corrected chi connectivity index (χ1v) is 12.6. The summed E-state index contributed by atoms with van der Waals surface area (Å²) >= 11 is 0. The summed E-state index contributed by atoms with van der Waals surface area (Å²) in [6.07, 6.45) is 10.5. The summed E-state index contributed by atoms with van der Waals surface area (Å²) in [5.74, 6) is 4.76. The zero-order valence-electron chi connectivity index (χ0n) is 19.4. The fourth-order valence-electron chi connectivity index (χ4n) is 8.47. The highest BCUT2D eigenvalue weighted by Gasteiger charge is 2.52. The highest BCUT2D eigenvalue weighted by molar-refractivity contribution is 6.04. The topological polar surface area (TPSA) is 26.0 Å². The Morgan fingerprint density at radius 3 is 2.42 bits per heavy atom. The Labute approximate surface area is 194 Å². The molecule has 5 aliphatic rings. The van der Waals surface area contributed by atoms with Crippen molar-refractivity contribution in [1.29, 1.82) is 0 Å². The molecule has 0 N–H and O–H groups in total. The zero-order valence-corrected chi connectivity index (χ0v) is 19.4. The summed E-state index contributed by atoms with van der Waals surface area (Å²) in [5, 5.41) is 3.69. The highest BCUT2D eigenvalue weighted by atomic mass is 16.5. The summed E-state index contributed by atoms with van der Waals surface area (Å²) in [4.78, 5) is 4.92. The van der Waals surface area contributed by atoms with Gasteiger partial charge in [0, 0.05) is 0 Å². The molecule has 2 heterocycles. The second-order valence-electron chi connectivity index (χ2n) is 11.5. The van der Waals surface area contributed by atoms with Crippen molar-refractivity contribution < 1.29 is 9.30 Å². The Morgan fingerprint density at radius 2 is 1.67 bits per heavy atom. The van der Waals surface area contributed by atoms with Crippen LogP contribution in [0.2, 0.25) is 0 Å². The summed E-state index contributed by atoms with van der Waals surface area (Å²) in [7, 11) is 2.11. The van der Waals surface area contributed by atoms with Crippen LogP contribution in [0.1, 0.15) is 49.7 Å². The minimum atomic E-state index is 0.336. The lowest BCUT2D eigenvalue weighted by atomic mass is 9.48. The standard InChI is InChI=1S/C30H29N2O/c1-17-23-6-4-3-5-21(23)10-25-27(17)29-28-24(31-16-32(29)2)11-22(12-26(28)33-25)30-13-18-7-19(14-30)9-20(8-18)15-30/h3-6,10-12,16,18-20H,7-9,13-15H2,1-2H3/q+1. The molecule has 0 atom stereocenters. The van der Waals surface area contributed by atoms with E-state index in [1.165, 1.54) is 77.1 Å². The molecule has 4 fully saturated rings. The molecule has 4 bridgehead atoms. The van der Waals surface area contributed by atoms with E-state index in [0.717, 1.165) is 34.8 Å². The van der Waals surface area contributed by atoms with E-state index in [9.17, 15) is 0 Å². The third-order valence-electron chi connectivity index (χ3n) is 9.42. The van der Waals surface area contributed by atoms with Crippen LogP contribution in [0.15, 0.2) is 48.8 Å². The molecule has 4 aliphatic carbocycles. The summed E-state index contributed by atoms with van der Waals surface area (Å²) in [5.41, 5.74) is 6.63. The van der Waals surface area contributed by atoms with E-state index < -0.39 is 0 Å². The first kappa shape index (κ1) is 18.5. The summed E-state index contributed by atoms with van der Waals surface area (Å²) < 4.78 is 8.92. The summed E-state index contributed by atoms with van der Waals surface area (Å²) in [6.45, 7) is 2.23. The van der Waals surface area contributed by atoms with Gasteiger partial charge in [-0.05, 0) is 114 Å². The lowest BCUT2D eigenvalue weighted by Crippen LogP contribution is -2.48. The second-order valence-corrected chi connectivity index (χ2v) is 11.5. The average Bonchev–Trinajstić information content (AvgIpc) is 2.80.